The first kappa shape index (κ1) is 16.5. The molecule has 0 amide bonds. The highest BCUT2D eigenvalue weighted by Gasteiger charge is 2.31. The molecule has 122 valence electrons. The molecule has 2 heterocycles. The second-order valence-electron chi connectivity index (χ2n) is 6.00. The highest BCUT2D eigenvalue weighted by molar-refractivity contribution is 9.10. The fourth-order valence-corrected chi connectivity index (χ4v) is 3.48. The number of hydrogen-bond acceptors (Lipinski definition) is 5. The van der Waals surface area contributed by atoms with Crippen molar-refractivity contribution in [2.75, 3.05) is 37.8 Å². The van der Waals surface area contributed by atoms with E-state index in [0.29, 0.717) is 16.8 Å². The van der Waals surface area contributed by atoms with Crippen LogP contribution in [0.4, 0.5) is 17.5 Å². The highest BCUT2D eigenvalue weighted by atomic mass is 79.9. The monoisotopic (exact) mass is 395 g/mol. The average molecular weight is 397 g/mol. The molecule has 2 N–H and O–H groups in total. The molecule has 1 aliphatic heterocycles. The molecule has 0 aliphatic carbocycles. The molecule has 2 aromatic rings. The van der Waals surface area contributed by atoms with E-state index in [2.05, 4.69) is 68.0 Å². The van der Waals surface area contributed by atoms with Crippen molar-refractivity contribution in [3.63, 3.8) is 0 Å². The van der Waals surface area contributed by atoms with E-state index in [1.165, 1.54) is 5.56 Å². The second kappa shape index (κ2) is 6.63. The van der Waals surface area contributed by atoms with Gasteiger partial charge in [-0.1, -0.05) is 33.6 Å². The maximum absolute atomic E-state index is 6.32. The van der Waals surface area contributed by atoms with Crippen molar-refractivity contribution < 1.29 is 0 Å². The maximum atomic E-state index is 6.32. The Hall–Kier alpha value is -1.37. The molecule has 0 fully saturated rings. The summed E-state index contributed by atoms with van der Waals surface area (Å²) in [4.78, 5) is 12.6. The molecule has 1 aromatic carbocycles. The molecule has 1 unspecified atom stereocenters. The van der Waals surface area contributed by atoms with Crippen LogP contribution in [0.25, 0.3) is 0 Å². The van der Waals surface area contributed by atoms with Crippen LogP contribution in [-0.4, -0.2) is 42.1 Å². The minimum atomic E-state index is 0.234. The lowest BCUT2D eigenvalue weighted by molar-refractivity contribution is 0.385. The Kier molecular flexibility index (Phi) is 4.75. The third kappa shape index (κ3) is 3.44. The van der Waals surface area contributed by atoms with Gasteiger partial charge >= 0.3 is 0 Å². The van der Waals surface area contributed by atoms with Crippen LogP contribution in [0, 0.1) is 0 Å². The molecular weight excluding hydrogens is 378 g/mol. The summed E-state index contributed by atoms with van der Waals surface area (Å²) in [5.41, 5.74) is 8.20. The van der Waals surface area contributed by atoms with Gasteiger partial charge in [0.2, 0.25) is 5.95 Å². The summed E-state index contributed by atoms with van der Waals surface area (Å²) in [7, 11) is 4.19. The van der Waals surface area contributed by atoms with E-state index < -0.39 is 0 Å². The number of halogens is 2. The van der Waals surface area contributed by atoms with Gasteiger partial charge in [0.1, 0.15) is 5.02 Å². The van der Waals surface area contributed by atoms with Crippen LogP contribution in [-0.2, 0) is 0 Å². The van der Waals surface area contributed by atoms with Gasteiger partial charge in [-0.2, -0.15) is 4.98 Å². The third-order valence-electron chi connectivity index (χ3n) is 4.05. The summed E-state index contributed by atoms with van der Waals surface area (Å²) in [5.74, 6) is 1.34. The average Bonchev–Trinajstić information content (AvgIpc) is 2.85. The van der Waals surface area contributed by atoms with Gasteiger partial charge in [-0.25, -0.2) is 4.98 Å². The number of nitrogens with zero attached hydrogens (tertiary/aromatic N) is 4. The van der Waals surface area contributed by atoms with Crippen LogP contribution in [0.1, 0.15) is 17.9 Å². The number of aromatic nitrogens is 2. The van der Waals surface area contributed by atoms with Crippen molar-refractivity contribution in [3.8, 4) is 0 Å². The molecule has 7 heteroatoms. The Morgan fingerprint density at radius 3 is 2.96 bits per heavy atom. The van der Waals surface area contributed by atoms with E-state index in [1.54, 1.807) is 6.20 Å². The van der Waals surface area contributed by atoms with Gasteiger partial charge in [-0.15, -0.1) is 0 Å². The SMILES string of the molecule is CN(C)CCC1CN(c2nc(N)ncc2Cl)c2cc(Br)ccc21. The van der Waals surface area contributed by atoms with Gasteiger partial charge in [0.05, 0.1) is 6.20 Å². The summed E-state index contributed by atoms with van der Waals surface area (Å²) in [5, 5.41) is 0.512. The smallest absolute Gasteiger partial charge is 0.222 e. The first-order valence-electron chi connectivity index (χ1n) is 7.45. The van der Waals surface area contributed by atoms with E-state index in [0.717, 1.165) is 29.7 Å². The number of hydrogen-bond donors (Lipinski definition) is 1. The van der Waals surface area contributed by atoms with Gasteiger partial charge in [0, 0.05) is 22.6 Å². The molecule has 1 atom stereocenters. The zero-order valence-corrected chi connectivity index (χ0v) is 15.5. The first-order chi connectivity index (χ1) is 11.0. The van der Waals surface area contributed by atoms with E-state index in [-0.39, 0.29) is 5.95 Å². The van der Waals surface area contributed by atoms with Crippen LogP contribution in [0.3, 0.4) is 0 Å². The number of nitrogen functional groups attached to an aromatic ring is 1. The molecular formula is C16H19BrClN5. The van der Waals surface area contributed by atoms with E-state index in [1.807, 2.05) is 0 Å². The van der Waals surface area contributed by atoms with Crippen LogP contribution in [0.15, 0.2) is 28.9 Å². The lowest BCUT2D eigenvalue weighted by Crippen LogP contribution is -2.21. The lowest BCUT2D eigenvalue weighted by Gasteiger charge is -2.20. The number of benzene rings is 1. The van der Waals surface area contributed by atoms with Crippen molar-refractivity contribution >= 4 is 45.0 Å². The number of rotatable bonds is 4. The van der Waals surface area contributed by atoms with Crippen LogP contribution < -0.4 is 10.6 Å². The summed E-state index contributed by atoms with van der Waals surface area (Å²) in [6.45, 7) is 1.88. The molecule has 0 radical (unpaired) electrons. The standard InChI is InChI=1S/C16H19BrClN5/c1-22(2)6-5-10-9-23(14-7-11(17)3-4-12(10)14)15-13(18)8-20-16(19)21-15/h3-4,7-8,10H,5-6,9H2,1-2H3,(H2,19,20,21). The molecule has 0 saturated heterocycles. The topological polar surface area (TPSA) is 58.3 Å². The lowest BCUT2D eigenvalue weighted by atomic mass is 9.98. The fraction of sp³-hybridized carbons (Fsp3) is 0.375. The fourth-order valence-electron chi connectivity index (χ4n) is 2.93. The third-order valence-corrected chi connectivity index (χ3v) is 4.81. The van der Waals surface area contributed by atoms with Gasteiger partial charge < -0.3 is 15.5 Å². The van der Waals surface area contributed by atoms with Crippen LogP contribution in [0.2, 0.25) is 5.02 Å². The molecule has 0 bridgehead atoms. The van der Waals surface area contributed by atoms with Gasteiger partial charge in [0.25, 0.3) is 0 Å². The highest BCUT2D eigenvalue weighted by Crippen LogP contribution is 2.44. The number of nitrogens with two attached hydrogens (primary N) is 1. The van der Waals surface area contributed by atoms with Crippen LogP contribution in [0.5, 0.6) is 0 Å². The molecule has 5 nitrogen and oxygen atoms in total. The van der Waals surface area contributed by atoms with Crippen molar-refractivity contribution in [1.29, 1.82) is 0 Å². The molecule has 3 rings (SSSR count). The largest absolute Gasteiger partial charge is 0.368 e. The summed E-state index contributed by atoms with van der Waals surface area (Å²) in [6.07, 6.45) is 2.64. The molecule has 23 heavy (non-hydrogen) atoms. The number of fused-ring (bicyclic) bond motifs is 1. The normalized spacial score (nSPS) is 16.9. The van der Waals surface area contributed by atoms with Crippen LogP contribution >= 0.6 is 27.5 Å². The Morgan fingerprint density at radius 1 is 1.43 bits per heavy atom. The van der Waals surface area contributed by atoms with Gasteiger partial charge in [-0.05, 0) is 44.8 Å². The second-order valence-corrected chi connectivity index (χ2v) is 7.33. The van der Waals surface area contributed by atoms with Gasteiger partial charge in [-0.3, -0.25) is 0 Å². The zero-order valence-electron chi connectivity index (χ0n) is 13.1. The predicted molar refractivity (Wildman–Crippen MR) is 98.5 cm³/mol. The minimum Gasteiger partial charge on any atom is -0.368 e. The summed E-state index contributed by atoms with van der Waals surface area (Å²) < 4.78 is 1.03. The molecule has 1 aliphatic rings. The first-order valence-corrected chi connectivity index (χ1v) is 8.62. The van der Waals surface area contributed by atoms with E-state index in [9.17, 15) is 0 Å². The Balaban J connectivity index is 1.99. The Morgan fingerprint density at radius 2 is 2.22 bits per heavy atom. The van der Waals surface area contributed by atoms with E-state index >= 15 is 0 Å². The van der Waals surface area contributed by atoms with Crippen molar-refractivity contribution in [2.24, 2.45) is 0 Å². The summed E-state index contributed by atoms with van der Waals surface area (Å²) >= 11 is 9.87. The minimum absolute atomic E-state index is 0.234. The van der Waals surface area contributed by atoms with Crippen molar-refractivity contribution in [3.05, 3.63) is 39.5 Å². The molecule has 0 spiro atoms. The maximum Gasteiger partial charge on any atom is 0.222 e. The van der Waals surface area contributed by atoms with Crippen molar-refractivity contribution in [2.45, 2.75) is 12.3 Å². The Labute approximate surface area is 149 Å². The summed E-state index contributed by atoms with van der Waals surface area (Å²) in [6, 6.07) is 6.37. The van der Waals surface area contributed by atoms with E-state index in [4.69, 9.17) is 17.3 Å². The molecule has 0 saturated carbocycles. The van der Waals surface area contributed by atoms with Crippen molar-refractivity contribution in [1.82, 2.24) is 14.9 Å². The quantitative estimate of drug-likeness (QED) is 0.854. The number of anilines is 3. The Bertz CT molecular complexity index is 722. The molecule has 1 aromatic heterocycles. The van der Waals surface area contributed by atoms with Gasteiger partial charge in [0.15, 0.2) is 5.82 Å². The zero-order chi connectivity index (χ0) is 16.6. The predicted octanol–water partition coefficient (Wildman–Crippen LogP) is 3.66.